The van der Waals surface area contributed by atoms with E-state index < -0.39 is 0 Å². The van der Waals surface area contributed by atoms with Crippen molar-refractivity contribution < 1.29 is 4.79 Å². The van der Waals surface area contributed by atoms with Crippen LogP contribution in [0.1, 0.15) is 12.5 Å². The van der Waals surface area contributed by atoms with E-state index in [-0.39, 0.29) is 12.5 Å². The molecule has 4 nitrogen and oxygen atoms in total. The van der Waals surface area contributed by atoms with Gasteiger partial charge in [0.25, 0.3) is 0 Å². The molecule has 1 amide bonds. The van der Waals surface area contributed by atoms with Crippen LogP contribution < -0.4 is 16.0 Å². The molecule has 0 fully saturated rings. The summed E-state index contributed by atoms with van der Waals surface area (Å²) >= 11 is 8.41. The highest BCUT2D eigenvalue weighted by Crippen LogP contribution is 2.24. The summed E-state index contributed by atoms with van der Waals surface area (Å²) in [7, 11) is 1.83. The summed E-state index contributed by atoms with van der Waals surface area (Å²) in [6.45, 7) is 2.77. The summed E-state index contributed by atoms with van der Waals surface area (Å²) in [4.78, 5) is 13.7. The lowest BCUT2D eigenvalue weighted by atomic mass is 10.1. The van der Waals surface area contributed by atoms with Gasteiger partial charge in [-0.2, -0.15) is 0 Å². The normalized spacial score (nSPS) is 9.94. The number of hydrogen-bond donors (Lipinski definition) is 2. The van der Waals surface area contributed by atoms with Crippen molar-refractivity contribution in [1.29, 1.82) is 0 Å². The van der Waals surface area contributed by atoms with E-state index in [0.29, 0.717) is 11.5 Å². The summed E-state index contributed by atoms with van der Waals surface area (Å²) < 4.78 is 0.917. The first-order valence-electron chi connectivity index (χ1n) is 5.53. The smallest absolute Gasteiger partial charge is 0.239 e. The van der Waals surface area contributed by atoms with Gasteiger partial charge in [0.15, 0.2) is 0 Å². The van der Waals surface area contributed by atoms with E-state index in [1.807, 2.05) is 37.1 Å². The third kappa shape index (κ3) is 3.96. The van der Waals surface area contributed by atoms with Gasteiger partial charge < -0.3 is 16.0 Å². The first-order valence-corrected chi connectivity index (χ1v) is 6.73. The highest BCUT2D eigenvalue weighted by molar-refractivity contribution is 9.10. The van der Waals surface area contributed by atoms with Gasteiger partial charge in [-0.3, -0.25) is 4.79 Å². The van der Waals surface area contributed by atoms with Crippen LogP contribution in [0.25, 0.3) is 0 Å². The molecule has 0 saturated carbocycles. The Bertz CT molecular complexity index is 465. The highest BCUT2D eigenvalue weighted by Gasteiger charge is 2.12. The van der Waals surface area contributed by atoms with Gasteiger partial charge in [-0.15, -0.1) is 0 Å². The number of hydrogen-bond acceptors (Lipinski definition) is 3. The SMILES string of the molecule is CCNC(=O)CN(C)c1cc(Br)ccc1C(N)=S. The third-order valence-electron chi connectivity index (χ3n) is 2.39. The first-order chi connectivity index (χ1) is 8.45. The molecule has 1 aromatic carbocycles. The number of nitrogens with one attached hydrogen (secondary N) is 1. The van der Waals surface area contributed by atoms with Crippen molar-refractivity contribution >= 4 is 44.7 Å². The van der Waals surface area contributed by atoms with Gasteiger partial charge in [-0.05, 0) is 25.1 Å². The van der Waals surface area contributed by atoms with Crippen molar-refractivity contribution in [3.63, 3.8) is 0 Å². The fourth-order valence-electron chi connectivity index (χ4n) is 1.58. The molecule has 1 aromatic rings. The van der Waals surface area contributed by atoms with E-state index in [9.17, 15) is 4.79 Å². The molecule has 0 aliphatic carbocycles. The molecule has 0 atom stereocenters. The van der Waals surface area contributed by atoms with Crippen LogP contribution in [0.2, 0.25) is 0 Å². The van der Waals surface area contributed by atoms with E-state index in [1.54, 1.807) is 0 Å². The summed E-state index contributed by atoms with van der Waals surface area (Å²) in [5, 5.41) is 2.75. The predicted molar refractivity (Wildman–Crippen MR) is 82.0 cm³/mol. The maximum absolute atomic E-state index is 11.6. The Morgan fingerprint density at radius 2 is 2.22 bits per heavy atom. The van der Waals surface area contributed by atoms with E-state index in [4.69, 9.17) is 18.0 Å². The van der Waals surface area contributed by atoms with E-state index in [2.05, 4.69) is 21.2 Å². The zero-order chi connectivity index (χ0) is 13.7. The molecule has 98 valence electrons. The first kappa shape index (κ1) is 14.9. The molecular formula is C12H16BrN3OS. The number of carbonyl (C=O) groups excluding carboxylic acids is 1. The number of likely N-dealkylation sites (N-methyl/N-ethyl adjacent to an activating group) is 2. The topological polar surface area (TPSA) is 58.4 Å². The van der Waals surface area contributed by atoms with Crippen molar-refractivity contribution in [2.45, 2.75) is 6.92 Å². The van der Waals surface area contributed by atoms with Crippen LogP contribution >= 0.6 is 28.1 Å². The Kier molecular flexibility index (Phi) is 5.55. The monoisotopic (exact) mass is 329 g/mol. The van der Waals surface area contributed by atoms with Crippen LogP contribution in [0.15, 0.2) is 22.7 Å². The lowest BCUT2D eigenvalue weighted by Crippen LogP contribution is -2.35. The molecule has 0 spiro atoms. The van der Waals surface area contributed by atoms with Gasteiger partial charge in [-0.1, -0.05) is 28.1 Å². The number of halogens is 1. The largest absolute Gasteiger partial charge is 0.389 e. The molecular weight excluding hydrogens is 314 g/mol. The molecule has 0 aliphatic rings. The van der Waals surface area contributed by atoms with Gasteiger partial charge >= 0.3 is 0 Å². The zero-order valence-electron chi connectivity index (χ0n) is 10.4. The van der Waals surface area contributed by atoms with Crippen LogP contribution in [-0.4, -0.2) is 31.0 Å². The fourth-order valence-corrected chi connectivity index (χ4v) is 2.10. The van der Waals surface area contributed by atoms with E-state index in [0.717, 1.165) is 15.7 Å². The minimum atomic E-state index is -0.0335. The van der Waals surface area contributed by atoms with Gasteiger partial charge in [0.05, 0.1) is 6.54 Å². The number of thiocarbonyl (C=S) groups is 1. The van der Waals surface area contributed by atoms with E-state index in [1.165, 1.54) is 0 Å². The Labute approximate surface area is 121 Å². The molecule has 0 bridgehead atoms. The standard InChI is InChI=1S/C12H16BrN3OS/c1-3-15-11(17)7-16(2)10-6-8(13)4-5-9(10)12(14)18/h4-6H,3,7H2,1-2H3,(H2,14,18)(H,15,17). The average molecular weight is 330 g/mol. The minimum Gasteiger partial charge on any atom is -0.389 e. The van der Waals surface area contributed by atoms with E-state index >= 15 is 0 Å². The Hall–Kier alpha value is -1.14. The number of nitrogens with two attached hydrogens (primary N) is 1. The maximum Gasteiger partial charge on any atom is 0.239 e. The van der Waals surface area contributed by atoms with Crippen LogP contribution in [-0.2, 0) is 4.79 Å². The molecule has 0 saturated heterocycles. The number of benzene rings is 1. The summed E-state index contributed by atoms with van der Waals surface area (Å²) in [5.41, 5.74) is 7.28. The molecule has 0 radical (unpaired) electrons. The second-order valence-electron chi connectivity index (χ2n) is 3.84. The Morgan fingerprint density at radius 1 is 1.56 bits per heavy atom. The van der Waals surface area contributed by atoms with Crippen LogP contribution in [0.5, 0.6) is 0 Å². The average Bonchev–Trinajstić information content (AvgIpc) is 2.28. The van der Waals surface area contributed by atoms with Crippen molar-refractivity contribution in [3.05, 3.63) is 28.2 Å². The molecule has 18 heavy (non-hydrogen) atoms. The van der Waals surface area contributed by atoms with Crippen LogP contribution in [0.4, 0.5) is 5.69 Å². The molecule has 6 heteroatoms. The Balaban J connectivity index is 2.96. The second-order valence-corrected chi connectivity index (χ2v) is 5.19. The molecule has 1 rings (SSSR count). The van der Waals surface area contributed by atoms with Gasteiger partial charge in [0, 0.05) is 29.3 Å². The highest BCUT2D eigenvalue weighted by atomic mass is 79.9. The number of carbonyl (C=O) groups is 1. The molecule has 3 N–H and O–H groups in total. The van der Waals surface area contributed by atoms with Crippen molar-refractivity contribution in [1.82, 2.24) is 5.32 Å². The van der Waals surface area contributed by atoms with Crippen molar-refractivity contribution in [3.8, 4) is 0 Å². The quantitative estimate of drug-likeness (QED) is 0.806. The lowest BCUT2D eigenvalue weighted by Gasteiger charge is -2.21. The Morgan fingerprint density at radius 3 is 2.78 bits per heavy atom. The third-order valence-corrected chi connectivity index (χ3v) is 3.10. The zero-order valence-corrected chi connectivity index (χ0v) is 12.8. The number of amides is 1. The number of nitrogens with zero attached hydrogens (tertiary/aromatic N) is 1. The molecule has 0 unspecified atom stereocenters. The lowest BCUT2D eigenvalue weighted by molar-refractivity contribution is -0.119. The fraction of sp³-hybridized carbons (Fsp3) is 0.333. The van der Waals surface area contributed by atoms with Gasteiger partial charge in [0.1, 0.15) is 4.99 Å². The molecule has 0 aliphatic heterocycles. The van der Waals surface area contributed by atoms with Crippen molar-refractivity contribution in [2.75, 3.05) is 25.0 Å². The van der Waals surface area contributed by atoms with Gasteiger partial charge in [-0.25, -0.2) is 0 Å². The van der Waals surface area contributed by atoms with Crippen molar-refractivity contribution in [2.24, 2.45) is 5.73 Å². The van der Waals surface area contributed by atoms with Gasteiger partial charge in [0.2, 0.25) is 5.91 Å². The molecule has 0 heterocycles. The minimum absolute atomic E-state index is 0.0335. The number of rotatable bonds is 5. The summed E-state index contributed by atoms with van der Waals surface area (Å²) in [5.74, 6) is -0.0335. The molecule has 0 aromatic heterocycles. The summed E-state index contributed by atoms with van der Waals surface area (Å²) in [6, 6.07) is 5.61. The second kappa shape index (κ2) is 6.70. The van der Waals surface area contributed by atoms with Crippen LogP contribution in [0.3, 0.4) is 0 Å². The predicted octanol–water partition coefficient (Wildman–Crippen LogP) is 1.66. The maximum atomic E-state index is 11.6. The number of anilines is 1. The van der Waals surface area contributed by atoms with Crippen LogP contribution in [0, 0.1) is 0 Å². The summed E-state index contributed by atoms with van der Waals surface area (Å²) in [6.07, 6.45) is 0.